The van der Waals surface area contributed by atoms with Gasteiger partial charge in [0.2, 0.25) is 0 Å². The molecule has 0 saturated carbocycles. The van der Waals surface area contributed by atoms with Gasteiger partial charge in [-0.1, -0.05) is 18.2 Å². The predicted molar refractivity (Wildman–Crippen MR) is 60.4 cm³/mol. The number of pyridine rings is 1. The summed E-state index contributed by atoms with van der Waals surface area (Å²) in [6, 6.07) is 9.29. The maximum absolute atomic E-state index is 9.49. The Labute approximate surface area is 88.6 Å². The van der Waals surface area contributed by atoms with Crippen molar-refractivity contribution in [3.8, 4) is 0 Å². The van der Waals surface area contributed by atoms with Gasteiger partial charge in [0, 0.05) is 11.6 Å². The van der Waals surface area contributed by atoms with E-state index < -0.39 is 6.10 Å². The van der Waals surface area contributed by atoms with Gasteiger partial charge in [-0.3, -0.25) is 4.98 Å². The molecule has 0 fully saturated rings. The number of rotatable bonds is 2. The molecule has 1 heterocycles. The number of aliphatic hydroxyl groups is 1. The molecule has 0 spiro atoms. The van der Waals surface area contributed by atoms with Crippen LogP contribution in [-0.2, 0) is 0 Å². The molecule has 2 atom stereocenters. The van der Waals surface area contributed by atoms with Crippen molar-refractivity contribution in [3.63, 3.8) is 0 Å². The van der Waals surface area contributed by atoms with Crippen molar-refractivity contribution >= 4 is 10.9 Å². The molecule has 0 amide bonds. The largest absolute Gasteiger partial charge is 0.391 e. The van der Waals surface area contributed by atoms with Gasteiger partial charge in [0.25, 0.3) is 0 Å². The molecule has 0 bridgehead atoms. The molecule has 0 saturated heterocycles. The zero-order valence-electron chi connectivity index (χ0n) is 8.59. The highest BCUT2D eigenvalue weighted by atomic mass is 16.3. The lowest BCUT2D eigenvalue weighted by Gasteiger charge is -2.16. The third-order valence-electron chi connectivity index (χ3n) is 2.56. The first-order valence-corrected chi connectivity index (χ1v) is 4.97. The van der Waals surface area contributed by atoms with Crippen molar-refractivity contribution in [2.45, 2.75) is 19.1 Å². The van der Waals surface area contributed by atoms with Crippen LogP contribution in [0, 0.1) is 0 Å². The molecule has 3 N–H and O–H groups in total. The maximum atomic E-state index is 9.49. The average Bonchev–Trinajstić information content (AvgIpc) is 2.27. The zero-order chi connectivity index (χ0) is 10.8. The lowest BCUT2D eigenvalue weighted by molar-refractivity contribution is 0.165. The van der Waals surface area contributed by atoms with Gasteiger partial charge < -0.3 is 10.8 Å². The Bertz CT molecular complexity index is 463. The molecule has 78 valence electrons. The van der Waals surface area contributed by atoms with Crippen LogP contribution in [0.4, 0.5) is 0 Å². The first-order chi connectivity index (χ1) is 7.20. The van der Waals surface area contributed by atoms with Crippen LogP contribution in [0.5, 0.6) is 0 Å². The lowest BCUT2D eigenvalue weighted by Crippen LogP contribution is -2.23. The van der Waals surface area contributed by atoms with Crippen molar-refractivity contribution in [2.24, 2.45) is 5.73 Å². The molecule has 0 aliphatic rings. The number of benzene rings is 1. The molecule has 1 aromatic heterocycles. The minimum absolute atomic E-state index is 0.363. The standard InChI is InChI=1S/C12H14N2O/c1-8(15)12(13)10-6-7-14-11-5-3-2-4-9(10)11/h2-8,12,15H,13H2,1H3/t8-,12-/m1/s1. The van der Waals surface area contributed by atoms with E-state index in [4.69, 9.17) is 5.73 Å². The Balaban J connectivity index is 2.60. The van der Waals surface area contributed by atoms with E-state index in [-0.39, 0.29) is 6.04 Å². The van der Waals surface area contributed by atoms with Crippen LogP contribution in [-0.4, -0.2) is 16.2 Å². The molecule has 0 aliphatic carbocycles. The topological polar surface area (TPSA) is 59.1 Å². The van der Waals surface area contributed by atoms with Crippen LogP contribution in [0.1, 0.15) is 18.5 Å². The third-order valence-corrected chi connectivity index (χ3v) is 2.56. The molecule has 0 unspecified atom stereocenters. The van der Waals surface area contributed by atoms with E-state index in [1.54, 1.807) is 13.1 Å². The van der Waals surface area contributed by atoms with E-state index in [9.17, 15) is 5.11 Å². The van der Waals surface area contributed by atoms with Crippen molar-refractivity contribution < 1.29 is 5.11 Å². The minimum atomic E-state index is -0.559. The van der Waals surface area contributed by atoms with Crippen LogP contribution < -0.4 is 5.73 Å². The molecular weight excluding hydrogens is 188 g/mol. The SMILES string of the molecule is C[C@@H](O)[C@@H](N)c1ccnc2ccccc12. The van der Waals surface area contributed by atoms with Crippen molar-refractivity contribution in [1.29, 1.82) is 0 Å². The summed E-state index contributed by atoms with van der Waals surface area (Å²) in [6.07, 6.45) is 1.16. The fourth-order valence-electron chi connectivity index (χ4n) is 1.67. The second kappa shape index (κ2) is 3.96. The second-order valence-corrected chi connectivity index (χ2v) is 3.68. The molecule has 2 aromatic rings. The number of fused-ring (bicyclic) bond motifs is 1. The molecule has 0 aliphatic heterocycles. The Hall–Kier alpha value is -1.45. The van der Waals surface area contributed by atoms with E-state index in [0.717, 1.165) is 16.5 Å². The van der Waals surface area contributed by atoms with Crippen molar-refractivity contribution in [3.05, 3.63) is 42.1 Å². The van der Waals surface area contributed by atoms with E-state index in [1.807, 2.05) is 30.3 Å². The number of nitrogens with two attached hydrogens (primary N) is 1. The summed E-state index contributed by atoms with van der Waals surface area (Å²) in [5, 5.41) is 10.5. The van der Waals surface area contributed by atoms with Gasteiger partial charge in [0.05, 0.1) is 17.7 Å². The summed E-state index contributed by atoms with van der Waals surface area (Å²) in [5.41, 5.74) is 7.77. The molecule has 3 nitrogen and oxygen atoms in total. The zero-order valence-corrected chi connectivity index (χ0v) is 8.59. The van der Waals surface area contributed by atoms with Gasteiger partial charge in [0.15, 0.2) is 0 Å². The van der Waals surface area contributed by atoms with Gasteiger partial charge in [-0.15, -0.1) is 0 Å². The van der Waals surface area contributed by atoms with Gasteiger partial charge in [-0.25, -0.2) is 0 Å². The van der Waals surface area contributed by atoms with Crippen LogP contribution >= 0.6 is 0 Å². The van der Waals surface area contributed by atoms with E-state index >= 15 is 0 Å². The molecule has 1 aromatic carbocycles. The summed E-state index contributed by atoms with van der Waals surface area (Å²) >= 11 is 0. The number of aromatic nitrogens is 1. The molecular formula is C12H14N2O. The Morgan fingerprint density at radius 3 is 2.73 bits per heavy atom. The summed E-state index contributed by atoms with van der Waals surface area (Å²) in [4.78, 5) is 4.25. The van der Waals surface area contributed by atoms with Crippen LogP contribution in [0.15, 0.2) is 36.5 Å². The van der Waals surface area contributed by atoms with Gasteiger partial charge in [-0.05, 0) is 24.6 Å². The number of aliphatic hydroxyl groups excluding tert-OH is 1. The van der Waals surface area contributed by atoms with E-state index in [0.29, 0.717) is 0 Å². The molecule has 2 rings (SSSR count). The predicted octanol–water partition coefficient (Wildman–Crippen LogP) is 1.62. The van der Waals surface area contributed by atoms with Gasteiger partial charge in [-0.2, -0.15) is 0 Å². The fourth-order valence-corrected chi connectivity index (χ4v) is 1.67. The number of para-hydroxylation sites is 1. The van der Waals surface area contributed by atoms with Gasteiger partial charge in [0.1, 0.15) is 0 Å². The molecule has 3 heteroatoms. The third kappa shape index (κ3) is 1.84. The summed E-state index contributed by atoms with van der Waals surface area (Å²) in [7, 11) is 0. The second-order valence-electron chi connectivity index (χ2n) is 3.68. The van der Waals surface area contributed by atoms with Crippen LogP contribution in [0.25, 0.3) is 10.9 Å². The normalized spacial score (nSPS) is 15.1. The minimum Gasteiger partial charge on any atom is -0.391 e. The lowest BCUT2D eigenvalue weighted by atomic mass is 9.99. The quantitative estimate of drug-likeness (QED) is 0.778. The smallest absolute Gasteiger partial charge is 0.0705 e. The number of nitrogens with zero attached hydrogens (tertiary/aromatic N) is 1. The van der Waals surface area contributed by atoms with Crippen LogP contribution in [0.2, 0.25) is 0 Å². The molecule has 0 radical (unpaired) electrons. The number of hydrogen-bond acceptors (Lipinski definition) is 3. The first kappa shape index (κ1) is 10.1. The highest BCUT2D eigenvalue weighted by molar-refractivity contribution is 5.82. The highest BCUT2D eigenvalue weighted by Crippen LogP contribution is 2.22. The maximum Gasteiger partial charge on any atom is 0.0705 e. The summed E-state index contributed by atoms with van der Waals surface area (Å²) in [6.45, 7) is 1.69. The van der Waals surface area contributed by atoms with Crippen LogP contribution in [0.3, 0.4) is 0 Å². The Morgan fingerprint density at radius 2 is 2.00 bits per heavy atom. The van der Waals surface area contributed by atoms with Gasteiger partial charge >= 0.3 is 0 Å². The average molecular weight is 202 g/mol. The fraction of sp³-hybridized carbons (Fsp3) is 0.250. The summed E-state index contributed by atoms with van der Waals surface area (Å²) in [5.74, 6) is 0. The van der Waals surface area contributed by atoms with E-state index in [2.05, 4.69) is 4.98 Å². The van der Waals surface area contributed by atoms with E-state index in [1.165, 1.54) is 0 Å². The van der Waals surface area contributed by atoms with Crippen molar-refractivity contribution in [1.82, 2.24) is 4.98 Å². The Kier molecular flexibility index (Phi) is 2.66. The van der Waals surface area contributed by atoms with Crippen molar-refractivity contribution in [2.75, 3.05) is 0 Å². The first-order valence-electron chi connectivity index (χ1n) is 4.97. The Morgan fingerprint density at radius 1 is 1.27 bits per heavy atom. The highest BCUT2D eigenvalue weighted by Gasteiger charge is 2.14. The summed E-state index contributed by atoms with van der Waals surface area (Å²) < 4.78 is 0. The monoisotopic (exact) mass is 202 g/mol. The molecule has 15 heavy (non-hydrogen) atoms. The number of hydrogen-bond donors (Lipinski definition) is 2.